The van der Waals surface area contributed by atoms with Crippen LogP contribution in [-0.4, -0.2) is 25.2 Å². The summed E-state index contributed by atoms with van der Waals surface area (Å²) in [6, 6.07) is 1.77. The van der Waals surface area contributed by atoms with Crippen LogP contribution in [0.2, 0.25) is 5.02 Å². The molecule has 0 spiro atoms. The number of esters is 1. The number of amides is 2. The van der Waals surface area contributed by atoms with Gasteiger partial charge in [-0.1, -0.05) is 11.6 Å². The van der Waals surface area contributed by atoms with Crippen molar-refractivity contribution in [2.75, 3.05) is 13.2 Å². The fourth-order valence-electron chi connectivity index (χ4n) is 1.34. The predicted octanol–water partition coefficient (Wildman–Crippen LogP) is 2.00. The molecule has 0 unspecified atom stereocenters. The van der Waals surface area contributed by atoms with E-state index in [9.17, 15) is 14.0 Å². The molecule has 0 aromatic heterocycles. The van der Waals surface area contributed by atoms with Crippen molar-refractivity contribution in [3.05, 3.63) is 34.1 Å². The van der Waals surface area contributed by atoms with E-state index in [4.69, 9.17) is 22.1 Å². The number of nitrogens with two attached hydrogens (primary N) is 1. The van der Waals surface area contributed by atoms with Crippen molar-refractivity contribution >= 4 is 23.6 Å². The SMILES string of the molecule is Cc1cc(C(=O)OCCCNC(N)=O)c(Cl)cc1F. The average molecular weight is 289 g/mol. The van der Waals surface area contributed by atoms with E-state index in [1.54, 1.807) is 0 Å². The molecule has 0 saturated heterocycles. The van der Waals surface area contributed by atoms with E-state index in [1.807, 2.05) is 0 Å². The Morgan fingerprint density at radius 3 is 2.79 bits per heavy atom. The summed E-state index contributed by atoms with van der Waals surface area (Å²) in [7, 11) is 0. The molecular weight excluding hydrogens is 275 g/mol. The second kappa shape index (κ2) is 6.94. The van der Waals surface area contributed by atoms with Crippen LogP contribution < -0.4 is 11.1 Å². The molecular formula is C12H14ClFN2O3. The van der Waals surface area contributed by atoms with Gasteiger partial charge in [0, 0.05) is 6.54 Å². The van der Waals surface area contributed by atoms with Gasteiger partial charge in [-0.3, -0.25) is 0 Å². The van der Waals surface area contributed by atoms with Crippen molar-refractivity contribution < 1.29 is 18.7 Å². The summed E-state index contributed by atoms with van der Waals surface area (Å²) in [6.07, 6.45) is 0.423. The maximum Gasteiger partial charge on any atom is 0.339 e. The predicted molar refractivity (Wildman–Crippen MR) is 68.6 cm³/mol. The Bertz CT molecular complexity index is 494. The summed E-state index contributed by atoms with van der Waals surface area (Å²) in [5.74, 6) is -1.11. The smallest absolute Gasteiger partial charge is 0.339 e. The van der Waals surface area contributed by atoms with Gasteiger partial charge in [0.25, 0.3) is 0 Å². The van der Waals surface area contributed by atoms with Gasteiger partial charge < -0.3 is 15.8 Å². The van der Waals surface area contributed by atoms with Crippen LogP contribution in [-0.2, 0) is 4.74 Å². The van der Waals surface area contributed by atoms with Gasteiger partial charge in [-0.05, 0) is 31.0 Å². The number of urea groups is 1. The third-order valence-electron chi connectivity index (χ3n) is 2.32. The normalized spacial score (nSPS) is 10.1. The van der Waals surface area contributed by atoms with Crippen molar-refractivity contribution in [3.63, 3.8) is 0 Å². The quantitative estimate of drug-likeness (QED) is 0.642. The minimum absolute atomic E-state index is 0.00311. The number of halogens is 2. The zero-order valence-electron chi connectivity index (χ0n) is 10.3. The zero-order chi connectivity index (χ0) is 14.4. The molecule has 0 heterocycles. The molecule has 3 N–H and O–H groups in total. The molecule has 7 heteroatoms. The van der Waals surface area contributed by atoms with Crippen LogP contribution in [0.25, 0.3) is 0 Å². The number of benzene rings is 1. The topological polar surface area (TPSA) is 81.4 Å². The summed E-state index contributed by atoms with van der Waals surface area (Å²) >= 11 is 5.76. The average Bonchev–Trinajstić information content (AvgIpc) is 2.32. The second-order valence-electron chi connectivity index (χ2n) is 3.86. The van der Waals surface area contributed by atoms with E-state index in [0.29, 0.717) is 18.5 Å². The van der Waals surface area contributed by atoms with Crippen LogP contribution in [0.3, 0.4) is 0 Å². The van der Waals surface area contributed by atoms with Crippen LogP contribution >= 0.6 is 11.6 Å². The Morgan fingerprint density at radius 1 is 1.47 bits per heavy atom. The summed E-state index contributed by atoms with van der Waals surface area (Å²) in [4.78, 5) is 22.1. The first kappa shape index (κ1) is 15.2. The lowest BCUT2D eigenvalue weighted by Crippen LogP contribution is -2.30. The number of nitrogens with one attached hydrogen (secondary N) is 1. The first-order chi connectivity index (χ1) is 8.91. The van der Waals surface area contributed by atoms with Crippen molar-refractivity contribution in [1.29, 1.82) is 0 Å². The molecule has 1 aromatic rings. The summed E-state index contributed by atoms with van der Waals surface area (Å²) in [6.45, 7) is 1.93. The highest BCUT2D eigenvalue weighted by molar-refractivity contribution is 6.33. The molecule has 19 heavy (non-hydrogen) atoms. The van der Waals surface area contributed by atoms with E-state index in [0.717, 1.165) is 6.07 Å². The first-order valence-corrected chi connectivity index (χ1v) is 5.95. The minimum atomic E-state index is -0.636. The number of hydrogen-bond acceptors (Lipinski definition) is 3. The third-order valence-corrected chi connectivity index (χ3v) is 2.63. The van der Waals surface area contributed by atoms with Crippen molar-refractivity contribution in [3.8, 4) is 0 Å². The second-order valence-corrected chi connectivity index (χ2v) is 4.27. The van der Waals surface area contributed by atoms with Crippen LogP contribution in [0.4, 0.5) is 9.18 Å². The molecule has 2 amide bonds. The summed E-state index contributed by atoms with van der Waals surface area (Å²) in [5, 5.41) is 2.36. The summed E-state index contributed by atoms with van der Waals surface area (Å²) in [5.41, 5.74) is 5.29. The molecule has 104 valence electrons. The van der Waals surface area contributed by atoms with Gasteiger partial charge in [-0.25, -0.2) is 14.0 Å². The van der Waals surface area contributed by atoms with Crippen molar-refractivity contribution in [1.82, 2.24) is 5.32 Å². The lowest BCUT2D eigenvalue weighted by atomic mass is 10.1. The number of rotatable bonds is 5. The zero-order valence-corrected chi connectivity index (χ0v) is 11.1. The molecule has 0 aliphatic rings. The van der Waals surface area contributed by atoms with Crippen LogP contribution in [0.1, 0.15) is 22.3 Å². The Kier molecular flexibility index (Phi) is 5.57. The van der Waals surface area contributed by atoms with Gasteiger partial charge >= 0.3 is 12.0 Å². The van der Waals surface area contributed by atoms with Gasteiger partial charge in [-0.15, -0.1) is 0 Å². The van der Waals surface area contributed by atoms with Gasteiger partial charge in [0.05, 0.1) is 17.2 Å². The fraction of sp³-hybridized carbons (Fsp3) is 0.333. The molecule has 0 atom stereocenters. The maximum absolute atomic E-state index is 13.2. The van der Waals surface area contributed by atoms with Crippen LogP contribution in [0.15, 0.2) is 12.1 Å². The molecule has 0 fully saturated rings. The highest BCUT2D eigenvalue weighted by Crippen LogP contribution is 2.21. The molecule has 0 aliphatic heterocycles. The minimum Gasteiger partial charge on any atom is -0.462 e. The van der Waals surface area contributed by atoms with Gasteiger partial charge in [0.1, 0.15) is 5.82 Å². The third kappa shape index (κ3) is 4.75. The number of primary amides is 1. The molecule has 5 nitrogen and oxygen atoms in total. The first-order valence-electron chi connectivity index (χ1n) is 5.58. The molecule has 1 rings (SSSR count). The van der Waals surface area contributed by atoms with E-state index < -0.39 is 17.8 Å². The highest BCUT2D eigenvalue weighted by Gasteiger charge is 2.14. The largest absolute Gasteiger partial charge is 0.462 e. The van der Waals surface area contributed by atoms with E-state index in [2.05, 4.69) is 5.32 Å². The number of carbonyl (C=O) groups excluding carboxylic acids is 2. The molecule has 0 radical (unpaired) electrons. The van der Waals surface area contributed by atoms with Crippen molar-refractivity contribution in [2.45, 2.75) is 13.3 Å². The highest BCUT2D eigenvalue weighted by atomic mass is 35.5. The van der Waals surface area contributed by atoms with Crippen molar-refractivity contribution in [2.24, 2.45) is 5.73 Å². The lowest BCUT2D eigenvalue weighted by molar-refractivity contribution is 0.0501. The monoisotopic (exact) mass is 288 g/mol. The number of hydrogen-bond donors (Lipinski definition) is 2. The van der Waals surface area contributed by atoms with E-state index in [-0.39, 0.29) is 17.2 Å². The molecule has 0 saturated carbocycles. The molecule has 0 aliphatic carbocycles. The Balaban J connectivity index is 2.50. The molecule has 0 bridgehead atoms. The fourth-order valence-corrected chi connectivity index (χ4v) is 1.57. The van der Waals surface area contributed by atoms with Crippen LogP contribution in [0.5, 0.6) is 0 Å². The molecule has 1 aromatic carbocycles. The summed E-state index contributed by atoms with van der Waals surface area (Å²) < 4.78 is 18.1. The Morgan fingerprint density at radius 2 is 2.16 bits per heavy atom. The van der Waals surface area contributed by atoms with E-state index in [1.165, 1.54) is 13.0 Å². The lowest BCUT2D eigenvalue weighted by Gasteiger charge is -2.08. The standard InChI is InChI=1S/C12H14ClFN2O3/c1-7-5-8(9(13)6-10(7)14)11(17)19-4-2-3-16-12(15)18/h5-6H,2-4H2,1H3,(H3,15,16,18). The van der Waals surface area contributed by atoms with Crippen LogP contribution in [0, 0.1) is 12.7 Å². The van der Waals surface area contributed by atoms with Gasteiger partial charge in [0.2, 0.25) is 0 Å². The Hall–Kier alpha value is -1.82. The van der Waals surface area contributed by atoms with Gasteiger partial charge in [0.15, 0.2) is 0 Å². The number of carbonyl (C=O) groups is 2. The number of ether oxygens (including phenoxy) is 1. The van der Waals surface area contributed by atoms with Gasteiger partial charge in [-0.2, -0.15) is 0 Å². The number of aryl methyl sites for hydroxylation is 1. The Labute approximate surface area is 114 Å². The van der Waals surface area contributed by atoms with E-state index >= 15 is 0 Å². The maximum atomic E-state index is 13.2.